The fraction of sp³-hybridized carbons (Fsp3) is 0.519. The standard InChI is InChI=1S/C27H34N6O2/c1-28-21-15-27(16-21)8-6-19(7-9-27)26(34)31-20-4-2-18(3-5-20)23-14-22-24(32-23)29-17-30-25(22)33-10-12-35-13-11-33/h2-5,14,17,19,21,28H,6-13,15-16H2,1H3,(H,31,34)(H,29,30,32). The second-order valence-corrected chi connectivity index (χ2v) is 10.5. The average molecular weight is 475 g/mol. The second-order valence-electron chi connectivity index (χ2n) is 10.5. The molecule has 1 aliphatic heterocycles. The van der Waals surface area contributed by atoms with Crippen molar-refractivity contribution in [1.29, 1.82) is 0 Å². The van der Waals surface area contributed by atoms with Crippen molar-refractivity contribution in [2.75, 3.05) is 43.6 Å². The number of rotatable bonds is 5. The Hall–Kier alpha value is -2.97. The van der Waals surface area contributed by atoms with Gasteiger partial charge in [0, 0.05) is 36.4 Å². The Morgan fingerprint density at radius 1 is 1.11 bits per heavy atom. The van der Waals surface area contributed by atoms with Gasteiger partial charge in [-0.25, -0.2) is 9.97 Å². The van der Waals surface area contributed by atoms with Crippen LogP contribution in [0.4, 0.5) is 11.5 Å². The molecule has 1 aromatic carbocycles. The number of aromatic nitrogens is 3. The van der Waals surface area contributed by atoms with Crippen molar-refractivity contribution in [2.45, 2.75) is 44.6 Å². The molecule has 0 unspecified atom stereocenters. The van der Waals surface area contributed by atoms with Crippen LogP contribution in [0.2, 0.25) is 0 Å². The summed E-state index contributed by atoms with van der Waals surface area (Å²) in [7, 11) is 2.05. The topological polar surface area (TPSA) is 95.2 Å². The average Bonchev–Trinajstić information content (AvgIpc) is 3.33. The lowest BCUT2D eigenvalue weighted by molar-refractivity contribution is -0.122. The molecule has 3 aromatic rings. The summed E-state index contributed by atoms with van der Waals surface area (Å²) < 4.78 is 5.48. The molecule has 3 aliphatic rings. The second kappa shape index (κ2) is 9.24. The number of aromatic amines is 1. The van der Waals surface area contributed by atoms with Crippen LogP contribution in [0.3, 0.4) is 0 Å². The highest BCUT2D eigenvalue weighted by Crippen LogP contribution is 2.52. The van der Waals surface area contributed by atoms with Crippen molar-refractivity contribution in [3.05, 3.63) is 36.7 Å². The summed E-state index contributed by atoms with van der Waals surface area (Å²) in [4.78, 5) is 27.6. The molecule has 0 bridgehead atoms. The maximum Gasteiger partial charge on any atom is 0.227 e. The largest absolute Gasteiger partial charge is 0.378 e. The summed E-state index contributed by atoms with van der Waals surface area (Å²) in [6.07, 6.45) is 8.52. The number of hydrogen-bond donors (Lipinski definition) is 3. The first-order valence-electron chi connectivity index (χ1n) is 12.9. The smallest absolute Gasteiger partial charge is 0.227 e. The number of hydrogen-bond acceptors (Lipinski definition) is 6. The number of fused-ring (bicyclic) bond motifs is 1. The van der Waals surface area contributed by atoms with Crippen molar-refractivity contribution in [2.24, 2.45) is 11.3 Å². The number of carbonyl (C=O) groups is 1. The summed E-state index contributed by atoms with van der Waals surface area (Å²) >= 11 is 0. The van der Waals surface area contributed by atoms with Gasteiger partial charge in [-0.05, 0) is 74.8 Å². The maximum atomic E-state index is 12.9. The van der Waals surface area contributed by atoms with Gasteiger partial charge in [0.15, 0.2) is 0 Å². The quantitative estimate of drug-likeness (QED) is 0.518. The van der Waals surface area contributed by atoms with Gasteiger partial charge in [-0.2, -0.15) is 0 Å². The van der Waals surface area contributed by atoms with E-state index in [-0.39, 0.29) is 11.8 Å². The molecule has 1 amide bonds. The SMILES string of the molecule is CNC1CC2(CCC(C(=O)Nc3ccc(-c4cc5c(N6CCOCC6)ncnc5[nH]4)cc3)CC2)C1. The monoisotopic (exact) mass is 474 g/mol. The first kappa shape index (κ1) is 22.5. The summed E-state index contributed by atoms with van der Waals surface area (Å²) in [6.45, 7) is 3.10. The molecule has 1 saturated heterocycles. The van der Waals surface area contributed by atoms with E-state index in [2.05, 4.69) is 43.6 Å². The molecule has 2 aromatic heterocycles. The Morgan fingerprint density at radius 3 is 2.57 bits per heavy atom. The third-order valence-electron chi connectivity index (χ3n) is 8.36. The number of morpholine rings is 1. The van der Waals surface area contributed by atoms with Crippen LogP contribution in [0, 0.1) is 11.3 Å². The highest BCUT2D eigenvalue weighted by atomic mass is 16.5. The van der Waals surface area contributed by atoms with E-state index in [4.69, 9.17) is 4.74 Å². The van der Waals surface area contributed by atoms with E-state index in [9.17, 15) is 4.79 Å². The molecule has 1 spiro atoms. The number of carbonyl (C=O) groups excluding carboxylic acids is 1. The Kier molecular flexibility index (Phi) is 5.94. The predicted molar refractivity (Wildman–Crippen MR) is 137 cm³/mol. The summed E-state index contributed by atoms with van der Waals surface area (Å²) in [6, 6.07) is 10.9. The molecule has 8 nitrogen and oxygen atoms in total. The molecule has 2 aliphatic carbocycles. The zero-order valence-electron chi connectivity index (χ0n) is 20.3. The van der Waals surface area contributed by atoms with Crippen LogP contribution in [0.15, 0.2) is 36.7 Å². The highest BCUT2D eigenvalue weighted by Gasteiger charge is 2.46. The maximum absolute atomic E-state index is 12.9. The van der Waals surface area contributed by atoms with Crippen molar-refractivity contribution in [1.82, 2.24) is 20.3 Å². The van der Waals surface area contributed by atoms with Crippen LogP contribution in [-0.4, -0.2) is 60.3 Å². The van der Waals surface area contributed by atoms with Crippen LogP contribution in [0.25, 0.3) is 22.3 Å². The molecular weight excluding hydrogens is 440 g/mol. The summed E-state index contributed by atoms with van der Waals surface area (Å²) in [5.74, 6) is 1.23. The Balaban J connectivity index is 1.11. The minimum atomic E-state index is 0.125. The van der Waals surface area contributed by atoms with Crippen LogP contribution < -0.4 is 15.5 Å². The molecule has 2 saturated carbocycles. The van der Waals surface area contributed by atoms with E-state index in [0.29, 0.717) is 24.7 Å². The Labute approximate surface area is 205 Å². The first-order valence-corrected chi connectivity index (χ1v) is 12.9. The van der Waals surface area contributed by atoms with Crippen LogP contribution in [0.5, 0.6) is 0 Å². The van der Waals surface area contributed by atoms with Crippen LogP contribution >= 0.6 is 0 Å². The number of H-pyrrole nitrogens is 1. The number of nitrogens with one attached hydrogen (secondary N) is 3. The van der Waals surface area contributed by atoms with E-state index in [1.165, 1.54) is 25.7 Å². The van der Waals surface area contributed by atoms with E-state index < -0.39 is 0 Å². The molecule has 0 atom stereocenters. The lowest BCUT2D eigenvalue weighted by Gasteiger charge is -2.51. The number of anilines is 2. The predicted octanol–water partition coefficient (Wildman–Crippen LogP) is 3.96. The zero-order valence-corrected chi connectivity index (χ0v) is 20.3. The number of amides is 1. The lowest BCUT2D eigenvalue weighted by Crippen LogP contribution is -2.49. The van der Waals surface area contributed by atoms with Gasteiger partial charge in [-0.15, -0.1) is 0 Å². The molecule has 8 heteroatoms. The summed E-state index contributed by atoms with van der Waals surface area (Å²) in [5.41, 5.74) is 4.22. The molecule has 6 rings (SSSR count). The van der Waals surface area contributed by atoms with Crippen molar-refractivity contribution in [3.63, 3.8) is 0 Å². The first-order chi connectivity index (χ1) is 17.1. The molecular formula is C27H34N6O2. The third kappa shape index (κ3) is 4.41. The zero-order chi connectivity index (χ0) is 23.8. The van der Waals surface area contributed by atoms with Gasteiger partial charge < -0.3 is 25.3 Å². The minimum absolute atomic E-state index is 0.125. The number of nitrogens with zero attached hydrogens (tertiary/aromatic N) is 3. The van der Waals surface area contributed by atoms with E-state index in [1.54, 1.807) is 6.33 Å². The fourth-order valence-electron chi connectivity index (χ4n) is 6.18. The van der Waals surface area contributed by atoms with E-state index >= 15 is 0 Å². The van der Waals surface area contributed by atoms with Gasteiger partial charge in [0.05, 0.1) is 18.6 Å². The van der Waals surface area contributed by atoms with Gasteiger partial charge in [0.25, 0.3) is 0 Å². The van der Waals surface area contributed by atoms with Crippen molar-refractivity contribution in [3.8, 4) is 11.3 Å². The lowest BCUT2D eigenvalue weighted by atomic mass is 9.57. The molecule has 35 heavy (non-hydrogen) atoms. The number of benzene rings is 1. The van der Waals surface area contributed by atoms with Gasteiger partial charge >= 0.3 is 0 Å². The molecule has 184 valence electrons. The van der Waals surface area contributed by atoms with Gasteiger partial charge in [0.1, 0.15) is 17.8 Å². The Bertz CT molecular complexity index is 1180. The normalized spacial score (nSPS) is 26.6. The minimum Gasteiger partial charge on any atom is -0.378 e. The summed E-state index contributed by atoms with van der Waals surface area (Å²) in [5, 5.41) is 7.55. The van der Waals surface area contributed by atoms with Gasteiger partial charge in [-0.3, -0.25) is 4.79 Å². The van der Waals surface area contributed by atoms with Crippen molar-refractivity contribution >= 4 is 28.4 Å². The molecule has 3 fully saturated rings. The highest BCUT2D eigenvalue weighted by molar-refractivity contribution is 5.94. The van der Waals surface area contributed by atoms with E-state index in [1.807, 2.05) is 24.3 Å². The van der Waals surface area contributed by atoms with Crippen LogP contribution in [-0.2, 0) is 9.53 Å². The van der Waals surface area contributed by atoms with E-state index in [0.717, 1.165) is 59.7 Å². The number of ether oxygens (including phenoxy) is 1. The molecule has 3 heterocycles. The van der Waals surface area contributed by atoms with Crippen LogP contribution in [0.1, 0.15) is 38.5 Å². The van der Waals surface area contributed by atoms with Gasteiger partial charge in [-0.1, -0.05) is 12.1 Å². The third-order valence-corrected chi connectivity index (χ3v) is 8.36. The van der Waals surface area contributed by atoms with Gasteiger partial charge in [0.2, 0.25) is 5.91 Å². The fourth-order valence-corrected chi connectivity index (χ4v) is 6.18. The Morgan fingerprint density at radius 2 is 1.86 bits per heavy atom. The van der Waals surface area contributed by atoms with Crippen molar-refractivity contribution < 1.29 is 9.53 Å². The molecule has 0 radical (unpaired) electrons. The molecule has 3 N–H and O–H groups in total.